The molecule has 0 aliphatic heterocycles. The number of fused-ring (bicyclic) bond motifs is 2. The van der Waals surface area contributed by atoms with Gasteiger partial charge in [-0.15, -0.1) is 0 Å². The van der Waals surface area contributed by atoms with Crippen molar-refractivity contribution < 1.29 is 15.0 Å². The zero-order chi connectivity index (χ0) is 24.4. The van der Waals surface area contributed by atoms with Crippen LogP contribution < -0.4 is 16.5 Å². The summed E-state index contributed by atoms with van der Waals surface area (Å²) in [5.74, 6) is -1.63. The van der Waals surface area contributed by atoms with E-state index < -0.39 is 28.3 Å². The molecule has 4 rings (SSSR count). The number of amides is 1. The molecule has 34 heavy (non-hydrogen) atoms. The Bertz CT molecular complexity index is 1570. The maximum atomic E-state index is 13.1. The highest BCUT2D eigenvalue weighted by molar-refractivity contribution is 6.07. The number of unbranched alkanes of at least 4 members (excludes halogenated alkanes) is 1. The number of hydrazone groups is 1. The van der Waals surface area contributed by atoms with E-state index in [2.05, 4.69) is 15.5 Å². The molecule has 0 bridgehead atoms. The average molecular weight is 460 g/mol. The van der Waals surface area contributed by atoms with Gasteiger partial charge >= 0.3 is 0 Å². The van der Waals surface area contributed by atoms with E-state index in [1.165, 1.54) is 11.5 Å². The lowest BCUT2D eigenvalue weighted by Gasteiger charge is -2.14. The van der Waals surface area contributed by atoms with Crippen molar-refractivity contribution in [3.63, 3.8) is 0 Å². The third kappa shape index (κ3) is 3.92. The number of pyridine rings is 2. The number of aromatic hydroxyl groups is 2. The molecule has 1 amide bonds. The molecule has 0 aliphatic carbocycles. The number of carbonyl (C=O) groups excluding carboxylic acids is 1. The molecule has 9 heteroatoms. The van der Waals surface area contributed by atoms with Crippen LogP contribution in [0, 0.1) is 0 Å². The molecule has 2 aromatic heterocycles. The van der Waals surface area contributed by atoms with Gasteiger partial charge in [-0.2, -0.15) is 5.10 Å². The van der Waals surface area contributed by atoms with Crippen LogP contribution >= 0.6 is 0 Å². The molecule has 0 spiro atoms. The molecular formula is C25H24N4O5. The summed E-state index contributed by atoms with van der Waals surface area (Å²) >= 11 is 0. The highest BCUT2D eigenvalue weighted by Crippen LogP contribution is 2.27. The minimum absolute atomic E-state index is 0.0319. The number of benzene rings is 2. The average Bonchev–Trinajstić information content (AvgIpc) is 2.83. The number of para-hydroxylation sites is 2. The summed E-state index contributed by atoms with van der Waals surface area (Å²) in [7, 11) is 0. The van der Waals surface area contributed by atoms with Gasteiger partial charge in [-0.3, -0.25) is 14.4 Å². The minimum atomic E-state index is -0.922. The van der Waals surface area contributed by atoms with Gasteiger partial charge in [0.05, 0.1) is 16.7 Å². The van der Waals surface area contributed by atoms with Crippen LogP contribution in [-0.2, 0) is 6.54 Å². The van der Waals surface area contributed by atoms with Crippen LogP contribution in [0.25, 0.3) is 21.8 Å². The van der Waals surface area contributed by atoms with E-state index in [1.807, 2.05) is 6.92 Å². The van der Waals surface area contributed by atoms with Gasteiger partial charge in [0.2, 0.25) is 0 Å². The second kappa shape index (κ2) is 9.22. The van der Waals surface area contributed by atoms with Gasteiger partial charge in [0.1, 0.15) is 22.6 Å². The Morgan fingerprint density at radius 2 is 1.65 bits per heavy atom. The molecule has 2 aromatic carbocycles. The van der Waals surface area contributed by atoms with E-state index in [4.69, 9.17) is 0 Å². The summed E-state index contributed by atoms with van der Waals surface area (Å²) in [5.41, 5.74) is 1.49. The maximum absolute atomic E-state index is 13.1. The number of hydrogen-bond donors (Lipinski definition) is 4. The minimum Gasteiger partial charge on any atom is -0.506 e. The molecule has 0 atom stereocenters. The number of nitrogens with one attached hydrogen (secondary N) is 2. The molecule has 0 saturated heterocycles. The lowest BCUT2D eigenvalue weighted by Crippen LogP contribution is -2.32. The molecule has 0 saturated carbocycles. The number of rotatable bonds is 6. The monoisotopic (exact) mass is 460 g/mol. The van der Waals surface area contributed by atoms with Crippen molar-refractivity contribution >= 4 is 33.4 Å². The highest BCUT2D eigenvalue weighted by Gasteiger charge is 2.22. The molecule has 2 heterocycles. The predicted octanol–water partition coefficient (Wildman–Crippen LogP) is 3.21. The Hall–Kier alpha value is -4.40. The molecule has 4 aromatic rings. The topological polar surface area (TPSA) is 137 Å². The molecule has 174 valence electrons. The Kier molecular flexibility index (Phi) is 6.18. The van der Waals surface area contributed by atoms with E-state index in [-0.39, 0.29) is 17.0 Å². The smallest absolute Gasteiger partial charge is 0.280 e. The molecule has 0 radical (unpaired) electrons. The van der Waals surface area contributed by atoms with Crippen LogP contribution in [0.5, 0.6) is 11.5 Å². The number of nitrogens with zero attached hydrogens (tertiary/aromatic N) is 2. The van der Waals surface area contributed by atoms with Crippen LogP contribution in [0.15, 0.2) is 63.2 Å². The SMILES string of the molecule is CCCCn1c(=O)c(C(=O)N/N=C(\C)c2c(O)c3ccccc3[nH]c2=O)c(O)c2ccccc21. The van der Waals surface area contributed by atoms with Gasteiger partial charge in [-0.05, 0) is 37.6 Å². The van der Waals surface area contributed by atoms with Crippen molar-refractivity contribution in [1.29, 1.82) is 0 Å². The van der Waals surface area contributed by atoms with Crippen LogP contribution in [0.1, 0.15) is 42.6 Å². The summed E-state index contributed by atoms with van der Waals surface area (Å²) < 4.78 is 1.46. The molecule has 9 nitrogen and oxygen atoms in total. The maximum Gasteiger partial charge on any atom is 0.280 e. The Morgan fingerprint density at radius 1 is 1.00 bits per heavy atom. The van der Waals surface area contributed by atoms with Crippen molar-refractivity contribution in [2.75, 3.05) is 0 Å². The van der Waals surface area contributed by atoms with Gasteiger partial charge in [0, 0.05) is 17.3 Å². The van der Waals surface area contributed by atoms with Crippen LogP contribution in [-0.4, -0.2) is 31.4 Å². The van der Waals surface area contributed by atoms with Crippen LogP contribution in [0.2, 0.25) is 0 Å². The number of H-pyrrole nitrogens is 1. The lowest BCUT2D eigenvalue weighted by molar-refractivity contribution is 0.0950. The number of aromatic amines is 1. The normalized spacial score (nSPS) is 11.8. The van der Waals surface area contributed by atoms with Crippen LogP contribution in [0.4, 0.5) is 0 Å². The summed E-state index contributed by atoms with van der Waals surface area (Å²) in [6, 6.07) is 13.5. The second-order valence-corrected chi connectivity index (χ2v) is 7.91. The first-order valence-corrected chi connectivity index (χ1v) is 10.9. The predicted molar refractivity (Wildman–Crippen MR) is 131 cm³/mol. The fourth-order valence-corrected chi connectivity index (χ4v) is 3.94. The summed E-state index contributed by atoms with van der Waals surface area (Å²) in [5, 5.41) is 26.0. The summed E-state index contributed by atoms with van der Waals surface area (Å²) in [6.07, 6.45) is 1.56. The van der Waals surface area contributed by atoms with Gasteiger partial charge in [0.15, 0.2) is 0 Å². The number of aromatic nitrogens is 2. The standard InChI is InChI=1S/C25H24N4O5/c1-3-4-13-29-18-12-8-6-10-16(18)22(31)20(25(29)34)24(33)28-27-14(2)19-21(30)15-9-5-7-11-17(15)26-23(19)32/h5-12,31H,3-4,13H2,1-2H3,(H,28,33)(H2,26,30,32)/b27-14+. The van der Waals surface area contributed by atoms with E-state index in [0.717, 1.165) is 12.8 Å². The first-order chi connectivity index (χ1) is 16.3. The van der Waals surface area contributed by atoms with Crippen molar-refractivity contribution in [3.05, 3.63) is 80.4 Å². The number of carbonyl (C=O) groups is 1. The van der Waals surface area contributed by atoms with E-state index >= 15 is 0 Å². The van der Waals surface area contributed by atoms with Crippen molar-refractivity contribution in [3.8, 4) is 11.5 Å². The molecular weight excluding hydrogens is 436 g/mol. The third-order valence-corrected chi connectivity index (χ3v) is 5.69. The van der Waals surface area contributed by atoms with Gasteiger partial charge in [-0.1, -0.05) is 37.6 Å². The summed E-state index contributed by atoms with van der Waals surface area (Å²) in [4.78, 5) is 41.2. The fourth-order valence-electron chi connectivity index (χ4n) is 3.94. The number of aryl methyl sites for hydroxylation is 1. The van der Waals surface area contributed by atoms with Crippen LogP contribution in [0.3, 0.4) is 0 Å². The Labute approximate surface area is 194 Å². The van der Waals surface area contributed by atoms with E-state index in [9.17, 15) is 24.6 Å². The Balaban J connectivity index is 1.75. The Morgan fingerprint density at radius 3 is 2.38 bits per heavy atom. The second-order valence-electron chi connectivity index (χ2n) is 7.91. The van der Waals surface area contributed by atoms with Crippen molar-refractivity contribution in [2.24, 2.45) is 5.10 Å². The largest absolute Gasteiger partial charge is 0.506 e. The molecule has 0 fully saturated rings. The molecule has 0 unspecified atom stereocenters. The van der Waals surface area contributed by atoms with E-state index in [1.54, 1.807) is 48.5 Å². The quantitative estimate of drug-likeness (QED) is 0.259. The van der Waals surface area contributed by atoms with E-state index in [0.29, 0.717) is 28.4 Å². The molecule has 4 N–H and O–H groups in total. The van der Waals surface area contributed by atoms with Gasteiger partial charge < -0.3 is 19.8 Å². The lowest BCUT2D eigenvalue weighted by atomic mass is 10.1. The number of hydrogen-bond acceptors (Lipinski definition) is 6. The fraction of sp³-hybridized carbons (Fsp3) is 0.200. The zero-order valence-corrected chi connectivity index (χ0v) is 18.8. The highest BCUT2D eigenvalue weighted by atomic mass is 16.3. The first kappa shape index (κ1) is 22.8. The molecule has 0 aliphatic rings. The first-order valence-electron chi connectivity index (χ1n) is 10.9. The zero-order valence-electron chi connectivity index (χ0n) is 18.8. The summed E-state index contributed by atoms with van der Waals surface area (Å²) in [6.45, 7) is 3.82. The van der Waals surface area contributed by atoms with Crippen molar-refractivity contribution in [2.45, 2.75) is 33.2 Å². The van der Waals surface area contributed by atoms with Gasteiger partial charge in [0.25, 0.3) is 17.0 Å². The van der Waals surface area contributed by atoms with Crippen molar-refractivity contribution in [1.82, 2.24) is 15.0 Å². The third-order valence-electron chi connectivity index (χ3n) is 5.69. The van der Waals surface area contributed by atoms with Gasteiger partial charge in [-0.25, -0.2) is 5.43 Å².